The number of fused-ring (bicyclic) bond motifs is 2. The smallest absolute Gasteiger partial charge is 0.335 e. The number of aliphatic hydroxyl groups is 1. The van der Waals surface area contributed by atoms with Gasteiger partial charge in [0.15, 0.2) is 17.4 Å². The van der Waals surface area contributed by atoms with Crippen molar-refractivity contribution >= 4 is 34.2 Å². The molecule has 2 aromatic rings. The van der Waals surface area contributed by atoms with Crippen LogP contribution in [-0.2, 0) is 17.7 Å². The summed E-state index contributed by atoms with van der Waals surface area (Å²) in [6, 6.07) is 0. The molecule has 0 radical (unpaired) electrons. The summed E-state index contributed by atoms with van der Waals surface area (Å²) in [4.78, 5) is 23.8. The molecule has 11 nitrogen and oxygen atoms in total. The molecular formula is C23H41N5O6Si2. The van der Waals surface area contributed by atoms with E-state index in [1.54, 1.807) is 11.6 Å². The van der Waals surface area contributed by atoms with Gasteiger partial charge in [-0.05, 0) is 22.2 Å². The van der Waals surface area contributed by atoms with E-state index in [2.05, 4.69) is 75.7 Å². The average molecular weight is 540 g/mol. The number of nitrogens with zero attached hydrogens (tertiary/aromatic N) is 3. The first-order valence-corrected chi connectivity index (χ1v) is 16.8. The fourth-order valence-corrected chi connectivity index (χ4v) is 16.8. The molecule has 4 rings (SSSR count). The van der Waals surface area contributed by atoms with Crippen LogP contribution in [0.2, 0.25) is 22.2 Å². The van der Waals surface area contributed by atoms with E-state index in [-0.39, 0.29) is 39.8 Å². The zero-order valence-electron chi connectivity index (χ0n) is 22.7. The molecule has 0 aromatic carbocycles. The topological polar surface area (TPSA) is 133 Å². The maximum atomic E-state index is 12.5. The molecule has 0 saturated carbocycles. The Morgan fingerprint density at radius 3 is 2.25 bits per heavy atom. The van der Waals surface area contributed by atoms with Gasteiger partial charge in [-0.2, -0.15) is 4.98 Å². The number of hydrogen-bond donors (Lipinski definition) is 3. The predicted molar refractivity (Wildman–Crippen MR) is 141 cm³/mol. The molecule has 4 heterocycles. The zero-order chi connectivity index (χ0) is 26.6. The lowest BCUT2D eigenvalue weighted by Gasteiger charge is -2.51. The van der Waals surface area contributed by atoms with Gasteiger partial charge in [0.25, 0.3) is 5.56 Å². The second-order valence-electron chi connectivity index (χ2n) is 11.1. The van der Waals surface area contributed by atoms with Gasteiger partial charge in [0, 0.05) is 7.05 Å². The van der Waals surface area contributed by atoms with E-state index in [0.717, 1.165) is 0 Å². The summed E-state index contributed by atoms with van der Waals surface area (Å²) < 4.78 is 28.9. The van der Waals surface area contributed by atoms with Crippen LogP contribution >= 0.6 is 0 Å². The molecule has 1 unspecified atom stereocenters. The number of aromatic amines is 1. The minimum absolute atomic E-state index is 0.128. The number of anilines is 1. The van der Waals surface area contributed by atoms with E-state index in [1.807, 2.05) is 0 Å². The Morgan fingerprint density at radius 2 is 1.69 bits per heavy atom. The van der Waals surface area contributed by atoms with Crippen molar-refractivity contribution in [1.82, 2.24) is 19.5 Å². The predicted octanol–water partition coefficient (Wildman–Crippen LogP) is 3.38. The fourth-order valence-electron chi connectivity index (χ4n) is 5.60. The van der Waals surface area contributed by atoms with Crippen molar-refractivity contribution in [2.45, 2.75) is 102 Å². The second-order valence-corrected chi connectivity index (χ2v) is 19.9. The van der Waals surface area contributed by atoms with Crippen molar-refractivity contribution in [2.75, 3.05) is 19.0 Å². The quantitative estimate of drug-likeness (QED) is 0.473. The molecule has 202 valence electrons. The average Bonchev–Trinajstić information content (AvgIpc) is 3.34. The van der Waals surface area contributed by atoms with Gasteiger partial charge in [-0.15, -0.1) is 0 Å². The molecule has 2 aliphatic heterocycles. The van der Waals surface area contributed by atoms with E-state index in [9.17, 15) is 9.90 Å². The van der Waals surface area contributed by atoms with E-state index in [4.69, 9.17) is 17.7 Å². The maximum Gasteiger partial charge on any atom is 0.335 e. The first-order valence-electron chi connectivity index (χ1n) is 12.9. The van der Waals surface area contributed by atoms with Crippen LogP contribution in [-0.4, -0.2) is 73.7 Å². The molecule has 0 bridgehead atoms. The lowest BCUT2D eigenvalue weighted by atomic mass is 10.1. The van der Waals surface area contributed by atoms with Gasteiger partial charge in [-0.1, -0.05) is 55.4 Å². The zero-order valence-corrected chi connectivity index (χ0v) is 24.7. The van der Waals surface area contributed by atoms with E-state index in [0.29, 0.717) is 11.6 Å². The Morgan fingerprint density at radius 1 is 1.08 bits per heavy atom. The van der Waals surface area contributed by atoms with Crippen molar-refractivity contribution in [3.63, 3.8) is 0 Å². The van der Waals surface area contributed by atoms with Gasteiger partial charge in [-0.25, -0.2) is 4.98 Å². The molecule has 0 spiro atoms. The lowest BCUT2D eigenvalue weighted by molar-refractivity contribution is -0.0570. The van der Waals surface area contributed by atoms with Crippen LogP contribution in [0.5, 0.6) is 0 Å². The third-order valence-electron chi connectivity index (χ3n) is 7.58. The van der Waals surface area contributed by atoms with Gasteiger partial charge in [0.1, 0.15) is 18.3 Å². The largest absolute Gasteiger partial charge is 0.414 e. The van der Waals surface area contributed by atoms with E-state index < -0.39 is 41.7 Å². The van der Waals surface area contributed by atoms with Crippen LogP contribution in [0.4, 0.5) is 5.95 Å². The van der Waals surface area contributed by atoms with Crippen LogP contribution in [0.1, 0.15) is 61.6 Å². The minimum Gasteiger partial charge on any atom is -0.414 e. The van der Waals surface area contributed by atoms with Gasteiger partial charge < -0.3 is 28.1 Å². The Balaban J connectivity index is 1.79. The number of rotatable bonds is 6. The van der Waals surface area contributed by atoms with Crippen LogP contribution in [0, 0.1) is 0 Å². The highest BCUT2D eigenvalue weighted by Gasteiger charge is 2.61. The molecule has 2 aliphatic rings. The van der Waals surface area contributed by atoms with Crippen molar-refractivity contribution in [3.8, 4) is 0 Å². The third kappa shape index (κ3) is 4.27. The van der Waals surface area contributed by atoms with Crippen LogP contribution < -0.4 is 10.9 Å². The molecule has 2 aromatic heterocycles. The highest BCUT2D eigenvalue weighted by Crippen LogP contribution is 2.48. The van der Waals surface area contributed by atoms with Crippen LogP contribution in [0.15, 0.2) is 11.1 Å². The number of aromatic nitrogens is 4. The van der Waals surface area contributed by atoms with Crippen LogP contribution in [0.3, 0.4) is 0 Å². The van der Waals surface area contributed by atoms with Crippen molar-refractivity contribution in [2.24, 2.45) is 0 Å². The van der Waals surface area contributed by atoms with Crippen molar-refractivity contribution < 1.29 is 22.8 Å². The highest BCUT2D eigenvalue weighted by atomic mass is 28.5. The SMILES string of the molecule is CNc1nc2c(ncn2[C@@H]2O[C@@H]3CO[Si](C(C)C)(C(C)C)O[Si](C(C)C)(C(C)C)O[C@@H]3C2O)c(=O)[nH]1. The number of ether oxygens (including phenoxy) is 1. The summed E-state index contributed by atoms with van der Waals surface area (Å²) in [6.07, 6.45) is -1.55. The summed E-state index contributed by atoms with van der Waals surface area (Å²) >= 11 is 0. The fraction of sp³-hybridized carbons (Fsp3) is 0.783. The molecule has 2 fully saturated rings. The van der Waals surface area contributed by atoms with Gasteiger partial charge in [0.2, 0.25) is 5.95 Å². The summed E-state index contributed by atoms with van der Waals surface area (Å²) in [6.45, 7) is 17.5. The molecule has 2 saturated heterocycles. The van der Waals surface area contributed by atoms with Crippen molar-refractivity contribution in [3.05, 3.63) is 16.7 Å². The van der Waals surface area contributed by atoms with Gasteiger partial charge in [0.05, 0.1) is 12.9 Å². The van der Waals surface area contributed by atoms with E-state index >= 15 is 0 Å². The Kier molecular flexibility index (Phi) is 7.56. The number of imidazole rings is 1. The summed E-state index contributed by atoms with van der Waals surface area (Å²) in [7, 11) is -3.97. The van der Waals surface area contributed by atoms with Gasteiger partial charge in [-0.3, -0.25) is 14.3 Å². The molecule has 0 aliphatic carbocycles. The number of hydrogen-bond acceptors (Lipinski definition) is 9. The maximum absolute atomic E-state index is 12.5. The van der Waals surface area contributed by atoms with Crippen molar-refractivity contribution in [1.29, 1.82) is 0 Å². The molecule has 3 N–H and O–H groups in total. The molecule has 0 amide bonds. The number of nitrogens with one attached hydrogen (secondary N) is 2. The molecular weight excluding hydrogens is 498 g/mol. The van der Waals surface area contributed by atoms with Gasteiger partial charge >= 0.3 is 17.1 Å². The van der Waals surface area contributed by atoms with Crippen LogP contribution in [0.25, 0.3) is 11.2 Å². The second kappa shape index (κ2) is 9.93. The third-order valence-corrected chi connectivity index (χ3v) is 17.8. The lowest BCUT2D eigenvalue weighted by Crippen LogP contribution is -2.65. The Labute approximate surface area is 214 Å². The number of aliphatic hydroxyl groups excluding tert-OH is 1. The monoisotopic (exact) mass is 539 g/mol. The summed E-state index contributed by atoms with van der Waals surface area (Å²) in [5, 5.41) is 14.4. The Hall–Kier alpha value is -1.62. The highest BCUT2D eigenvalue weighted by molar-refractivity contribution is 6.84. The first kappa shape index (κ1) is 27.4. The number of H-pyrrole nitrogens is 1. The van der Waals surface area contributed by atoms with E-state index in [1.165, 1.54) is 6.33 Å². The summed E-state index contributed by atoms with van der Waals surface area (Å²) in [5.41, 5.74) is 0.795. The molecule has 36 heavy (non-hydrogen) atoms. The minimum atomic E-state index is -2.91. The molecule has 4 atom stereocenters. The standard InChI is InChI=1S/C23H41N5O6Si2/c1-12(2)35(13(3)4)31-10-16-19(33-36(34-35,14(5)6)15(7)8)18(29)22(32-16)28-11-25-17-20(28)26-23(24-9)27-21(17)30/h11-16,18-19,22,29H,10H2,1-9H3,(H2,24,26,27,30)/t16-,18?,19+,22-/m1/s1. The normalized spacial score (nSPS) is 28.2. The summed E-state index contributed by atoms with van der Waals surface area (Å²) in [5.74, 6) is 0.302. The first-order chi connectivity index (χ1) is 16.9. The Bertz CT molecular complexity index is 1120. The molecule has 13 heteroatoms.